The highest BCUT2D eigenvalue weighted by atomic mass is 28.3. The summed E-state index contributed by atoms with van der Waals surface area (Å²) in [6, 6.07) is 3.83. The standard InChI is InChI=1S/C22H35BN2O4Si/c1-17-19(14-18(8-13-30(5,6)7)15-20(17)23(27)28)16-24-9-11-25(12-10-24)21(26)29-22(2,3)4/h14-15,27-28H,9-12,16H2,1-7H3. The number of ether oxygens (including phenoxy) is 1. The summed E-state index contributed by atoms with van der Waals surface area (Å²) in [5, 5.41) is 19.6. The minimum atomic E-state index is -1.54. The monoisotopic (exact) mass is 430 g/mol. The van der Waals surface area contributed by atoms with Crippen LogP contribution < -0.4 is 5.46 Å². The third kappa shape index (κ3) is 7.47. The molecular weight excluding hydrogens is 395 g/mol. The van der Waals surface area contributed by atoms with Crippen molar-refractivity contribution in [3.63, 3.8) is 0 Å². The van der Waals surface area contributed by atoms with Crippen LogP contribution in [0.2, 0.25) is 19.6 Å². The number of benzene rings is 1. The Morgan fingerprint density at radius 3 is 2.27 bits per heavy atom. The second-order valence-corrected chi connectivity index (χ2v) is 14.7. The Bertz CT molecular complexity index is 827. The Kier molecular flexibility index (Phi) is 7.81. The number of nitrogens with zero attached hydrogens (tertiary/aromatic N) is 2. The lowest BCUT2D eigenvalue weighted by Gasteiger charge is -2.36. The van der Waals surface area contributed by atoms with Crippen LogP contribution in [0.15, 0.2) is 12.1 Å². The van der Waals surface area contributed by atoms with Crippen LogP contribution in [-0.2, 0) is 11.3 Å². The van der Waals surface area contributed by atoms with E-state index < -0.39 is 20.8 Å². The first kappa shape index (κ1) is 24.5. The molecule has 0 radical (unpaired) electrons. The maximum atomic E-state index is 12.3. The third-order valence-corrected chi connectivity index (χ3v) is 5.71. The number of amides is 1. The minimum absolute atomic E-state index is 0.271. The number of hydrogen-bond acceptors (Lipinski definition) is 5. The average molecular weight is 430 g/mol. The zero-order valence-electron chi connectivity index (χ0n) is 19.4. The molecule has 0 spiro atoms. The van der Waals surface area contributed by atoms with E-state index in [2.05, 4.69) is 42.1 Å². The molecule has 0 atom stereocenters. The molecule has 1 aromatic rings. The van der Waals surface area contributed by atoms with E-state index in [1.54, 1.807) is 11.0 Å². The van der Waals surface area contributed by atoms with E-state index in [-0.39, 0.29) is 6.09 Å². The van der Waals surface area contributed by atoms with E-state index in [0.29, 0.717) is 25.1 Å². The molecule has 8 heteroatoms. The first-order valence-electron chi connectivity index (χ1n) is 10.5. The maximum absolute atomic E-state index is 12.3. The summed E-state index contributed by atoms with van der Waals surface area (Å²) in [7, 11) is -3.07. The van der Waals surface area contributed by atoms with Crippen LogP contribution in [0.4, 0.5) is 4.79 Å². The van der Waals surface area contributed by atoms with Crippen LogP contribution in [0.25, 0.3) is 0 Å². The van der Waals surface area contributed by atoms with Gasteiger partial charge in [0.2, 0.25) is 0 Å². The second kappa shape index (κ2) is 9.56. The van der Waals surface area contributed by atoms with Crippen molar-refractivity contribution in [2.45, 2.75) is 59.5 Å². The molecule has 1 aliphatic rings. The molecule has 1 amide bonds. The molecule has 1 aliphatic heterocycles. The molecular formula is C22H35BN2O4Si. The fourth-order valence-corrected chi connectivity index (χ4v) is 3.74. The van der Waals surface area contributed by atoms with Gasteiger partial charge < -0.3 is 19.7 Å². The predicted molar refractivity (Wildman–Crippen MR) is 124 cm³/mol. The molecule has 2 rings (SSSR count). The lowest BCUT2D eigenvalue weighted by Crippen LogP contribution is -2.49. The van der Waals surface area contributed by atoms with Gasteiger partial charge in [-0.05, 0) is 56.4 Å². The second-order valence-electron chi connectivity index (χ2n) is 9.97. The first-order valence-corrected chi connectivity index (χ1v) is 14.0. The van der Waals surface area contributed by atoms with Gasteiger partial charge in [-0.25, -0.2) is 4.79 Å². The summed E-state index contributed by atoms with van der Waals surface area (Å²) in [6.45, 7) is 17.4. The van der Waals surface area contributed by atoms with E-state index in [9.17, 15) is 14.8 Å². The van der Waals surface area contributed by atoms with Crippen molar-refractivity contribution in [3.8, 4) is 11.5 Å². The largest absolute Gasteiger partial charge is 0.488 e. The summed E-state index contributed by atoms with van der Waals surface area (Å²) in [4.78, 5) is 16.3. The summed E-state index contributed by atoms with van der Waals surface area (Å²) in [6.07, 6.45) is -0.271. The molecule has 0 aliphatic carbocycles. The van der Waals surface area contributed by atoms with Crippen LogP contribution in [0.3, 0.4) is 0 Å². The van der Waals surface area contributed by atoms with Gasteiger partial charge >= 0.3 is 13.2 Å². The van der Waals surface area contributed by atoms with Gasteiger partial charge in [-0.2, -0.15) is 0 Å². The SMILES string of the molecule is Cc1c(CN2CCN(C(=O)OC(C)(C)C)CC2)cc(C#C[Si](C)(C)C)cc1B(O)O. The topological polar surface area (TPSA) is 73.2 Å². The summed E-state index contributed by atoms with van der Waals surface area (Å²) < 4.78 is 5.46. The third-order valence-electron chi connectivity index (χ3n) is 4.83. The van der Waals surface area contributed by atoms with E-state index in [0.717, 1.165) is 29.8 Å². The zero-order chi connectivity index (χ0) is 22.7. The van der Waals surface area contributed by atoms with E-state index in [1.807, 2.05) is 27.7 Å². The summed E-state index contributed by atoms with van der Waals surface area (Å²) >= 11 is 0. The Morgan fingerprint density at radius 2 is 1.77 bits per heavy atom. The molecule has 30 heavy (non-hydrogen) atoms. The lowest BCUT2D eigenvalue weighted by molar-refractivity contribution is 0.0139. The number of carbonyl (C=O) groups excluding carboxylic acids is 1. The van der Waals surface area contributed by atoms with E-state index in [4.69, 9.17) is 4.74 Å². The molecule has 1 saturated heterocycles. The van der Waals surface area contributed by atoms with Crippen LogP contribution >= 0.6 is 0 Å². The molecule has 0 unspecified atom stereocenters. The summed E-state index contributed by atoms with van der Waals surface area (Å²) in [5.74, 6) is 3.23. The summed E-state index contributed by atoms with van der Waals surface area (Å²) in [5.41, 5.74) is 6.07. The molecule has 0 bridgehead atoms. The molecule has 1 fully saturated rings. The molecule has 1 heterocycles. The highest BCUT2D eigenvalue weighted by Crippen LogP contribution is 2.16. The van der Waals surface area contributed by atoms with Gasteiger partial charge in [0, 0.05) is 38.3 Å². The highest BCUT2D eigenvalue weighted by Gasteiger charge is 2.26. The van der Waals surface area contributed by atoms with Crippen LogP contribution in [0, 0.1) is 18.4 Å². The molecule has 6 nitrogen and oxygen atoms in total. The van der Waals surface area contributed by atoms with E-state index in [1.165, 1.54) is 0 Å². The predicted octanol–water partition coefficient (Wildman–Crippen LogP) is 1.96. The minimum Gasteiger partial charge on any atom is -0.444 e. The average Bonchev–Trinajstić information content (AvgIpc) is 2.60. The van der Waals surface area contributed by atoms with Gasteiger partial charge in [-0.15, -0.1) is 5.54 Å². The van der Waals surface area contributed by atoms with Gasteiger partial charge in [0.15, 0.2) is 0 Å². The molecule has 2 N–H and O–H groups in total. The van der Waals surface area contributed by atoms with Crippen molar-refractivity contribution in [2.24, 2.45) is 0 Å². The highest BCUT2D eigenvalue weighted by molar-refractivity contribution is 6.83. The smallest absolute Gasteiger partial charge is 0.444 e. The quantitative estimate of drug-likeness (QED) is 0.567. The zero-order valence-corrected chi connectivity index (χ0v) is 20.4. The van der Waals surface area contributed by atoms with Crippen molar-refractivity contribution in [1.29, 1.82) is 0 Å². The number of piperazine rings is 1. The van der Waals surface area contributed by atoms with Gasteiger partial charge in [0.25, 0.3) is 0 Å². The number of carbonyl (C=O) groups is 1. The van der Waals surface area contributed by atoms with Crippen molar-refractivity contribution >= 4 is 26.7 Å². The fraction of sp³-hybridized carbons (Fsp3) is 0.591. The Labute approximate surface area is 182 Å². The Hall–Kier alpha value is -1.79. The van der Waals surface area contributed by atoms with Gasteiger partial charge in [-0.3, -0.25) is 4.90 Å². The van der Waals surface area contributed by atoms with Gasteiger partial charge in [0.05, 0.1) is 0 Å². The van der Waals surface area contributed by atoms with Crippen LogP contribution in [-0.4, -0.2) is 72.9 Å². The first-order chi connectivity index (χ1) is 13.7. The number of rotatable bonds is 3. The maximum Gasteiger partial charge on any atom is 0.488 e. The Morgan fingerprint density at radius 1 is 1.17 bits per heavy atom. The van der Waals surface area contributed by atoms with Gasteiger partial charge in [0.1, 0.15) is 13.7 Å². The van der Waals surface area contributed by atoms with Crippen LogP contribution in [0.5, 0.6) is 0 Å². The Balaban J connectivity index is 2.13. The molecule has 164 valence electrons. The normalized spacial score (nSPS) is 15.4. The fourth-order valence-electron chi connectivity index (χ4n) is 3.22. The van der Waals surface area contributed by atoms with Gasteiger partial charge in [-0.1, -0.05) is 25.6 Å². The molecule has 0 aromatic heterocycles. The lowest BCUT2D eigenvalue weighted by atomic mass is 9.75. The van der Waals surface area contributed by atoms with E-state index >= 15 is 0 Å². The van der Waals surface area contributed by atoms with Crippen molar-refractivity contribution in [2.75, 3.05) is 26.2 Å². The van der Waals surface area contributed by atoms with Crippen molar-refractivity contribution in [3.05, 3.63) is 28.8 Å². The van der Waals surface area contributed by atoms with Crippen LogP contribution in [0.1, 0.15) is 37.5 Å². The number of hydrogen-bond donors (Lipinski definition) is 2. The van der Waals surface area contributed by atoms with Crippen molar-refractivity contribution < 1.29 is 19.6 Å². The van der Waals surface area contributed by atoms with Crippen molar-refractivity contribution in [1.82, 2.24) is 9.80 Å². The molecule has 0 saturated carbocycles. The molecule has 1 aromatic carbocycles.